The third-order valence-corrected chi connectivity index (χ3v) is 3.64. The molecule has 0 aliphatic heterocycles. The molecule has 1 atom stereocenters. The standard InChI is InChI=1S/C15H23NO/c1-12(2)10-16-15(11-17,14-8-9-14)13-6-4-3-5-7-13/h3-7,12,14,16-17H,8-11H2,1-2H3. The molecule has 94 valence electrons. The highest BCUT2D eigenvalue weighted by atomic mass is 16.3. The zero-order chi connectivity index (χ0) is 12.3. The summed E-state index contributed by atoms with van der Waals surface area (Å²) in [4.78, 5) is 0. The predicted octanol–water partition coefficient (Wildman–Crippen LogP) is 2.53. The van der Waals surface area contributed by atoms with E-state index in [1.807, 2.05) is 6.07 Å². The van der Waals surface area contributed by atoms with Crippen LogP contribution in [0.4, 0.5) is 0 Å². The average molecular weight is 233 g/mol. The van der Waals surface area contributed by atoms with Crippen LogP contribution in [0.5, 0.6) is 0 Å². The van der Waals surface area contributed by atoms with Crippen LogP contribution in [0.25, 0.3) is 0 Å². The lowest BCUT2D eigenvalue weighted by atomic mass is 9.85. The second kappa shape index (κ2) is 5.19. The molecule has 0 spiro atoms. The molecule has 2 N–H and O–H groups in total. The first-order valence-corrected chi connectivity index (χ1v) is 6.60. The lowest BCUT2D eigenvalue weighted by Crippen LogP contribution is -2.49. The van der Waals surface area contributed by atoms with E-state index >= 15 is 0 Å². The summed E-state index contributed by atoms with van der Waals surface area (Å²) in [5.74, 6) is 1.19. The van der Waals surface area contributed by atoms with E-state index in [0.717, 1.165) is 6.54 Å². The maximum Gasteiger partial charge on any atom is 0.0697 e. The van der Waals surface area contributed by atoms with Crippen molar-refractivity contribution < 1.29 is 5.11 Å². The van der Waals surface area contributed by atoms with E-state index in [-0.39, 0.29) is 12.1 Å². The number of nitrogens with one attached hydrogen (secondary N) is 1. The summed E-state index contributed by atoms with van der Waals surface area (Å²) in [6.45, 7) is 5.54. The van der Waals surface area contributed by atoms with Gasteiger partial charge < -0.3 is 10.4 Å². The van der Waals surface area contributed by atoms with E-state index in [2.05, 4.69) is 43.4 Å². The van der Waals surface area contributed by atoms with Crippen molar-refractivity contribution in [3.05, 3.63) is 35.9 Å². The minimum absolute atomic E-state index is 0.189. The van der Waals surface area contributed by atoms with Gasteiger partial charge in [-0.25, -0.2) is 0 Å². The lowest BCUT2D eigenvalue weighted by molar-refractivity contribution is 0.135. The second-order valence-electron chi connectivity index (χ2n) is 5.54. The topological polar surface area (TPSA) is 32.3 Å². The zero-order valence-electron chi connectivity index (χ0n) is 10.8. The fourth-order valence-corrected chi connectivity index (χ4v) is 2.46. The Morgan fingerprint density at radius 1 is 1.29 bits per heavy atom. The first kappa shape index (κ1) is 12.6. The highest BCUT2D eigenvalue weighted by Crippen LogP contribution is 2.45. The maximum absolute atomic E-state index is 9.89. The molecule has 2 heteroatoms. The highest BCUT2D eigenvalue weighted by molar-refractivity contribution is 5.27. The smallest absolute Gasteiger partial charge is 0.0697 e. The lowest BCUT2D eigenvalue weighted by Gasteiger charge is -2.35. The number of aliphatic hydroxyl groups excluding tert-OH is 1. The molecule has 2 nitrogen and oxygen atoms in total. The molecule has 0 aromatic heterocycles. The molecule has 0 bridgehead atoms. The van der Waals surface area contributed by atoms with Gasteiger partial charge in [-0.05, 0) is 36.8 Å². The number of hydrogen-bond acceptors (Lipinski definition) is 2. The van der Waals surface area contributed by atoms with Crippen molar-refractivity contribution in [2.45, 2.75) is 32.2 Å². The SMILES string of the molecule is CC(C)CNC(CO)(c1ccccc1)C1CC1. The zero-order valence-corrected chi connectivity index (χ0v) is 10.8. The molecule has 0 amide bonds. The quantitative estimate of drug-likeness (QED) is 0.791. The molecule has 1 aromatic carbocycles. The summed E-state index contributed by atoms with van der Waals surface area (Å²) in [6.07, 6.45) is 2.45. The van der Waals surface area contributed by atoms with Gasteiger partial charge in [0.05, 0.1) is 12.1 Å². The van der Waals surface area contributed by atoms with Gasteiger partial charge in [0, 0.05) is 0 Å². The van der Waals surface area contributed by atoms with Crippen LogP contribution < -0.4 is 5.32 Å². The Morgan fingerprint density at radius 3 is 2.41 bits per heavy atom. The molecule has 0 radical (unpaired) electrons. The van der Waals surface area contributed by atoms with E-state index in [0.29, 0.717) is 11.8 Å². The van der Waals surface area contributed by atoms with E-state index in [1.54, 1.807) is 0 Å². The molecular weight excluding hydrogens is 210 g/mol. The van der Waals surface area contributed by atoms with Crippen molar-refractivity contribution in [3.63, 3.8) is 0 Å². The van der Waals surface area contributed by atoms with Crippen molar-refractivity contribution >= 4 is 0 Å². The highest BCUT2D eigenvalue weighted by Gasteiger charge is 2.45. The summed E-state index contributed by atoms with van der Waals surface area (Å²) in [5.41, 5.74) is 1.01. The monoisotopic (exact) mass is 233 g/mol. The van der Waals surface area contributed by atoms with E-state index in [1.165, 1.54) is 18.4 Å². The van der Waals surface area contributed by atoms with Crippen LogP contribution >= 0.6 is 0 Å². The molecule has 1 saturated carbocycles. The van der Waals surface area contributed by atoms with Crippen LogP contribution in [0, 0.1) is 11.8 Å². The first-order valence-electron chi connectivity index (χ1n) is 6.60. The Balaban J connectivity index is 2.22. The van der Waals surface area contributed by atoms with Crippen LogP contribution in [0.15, 0.2) is 30.3 Å². The van der Waals surface area contributed by atoms with E-state index in [9.17, 15) is 5.11 Å². The van der Waals surface area contributed by atoms with Gasteiger partial charge in [0.25, 0.3) is 0 Å². The summed E-state index contributed by atoms with van der Waals surface area (Å²) in [6, 6.07) is 10.4. The van der Waals surface area contributed by atoms with Crippen molar-refractivity contribution in [1.82, 2.24) is 5.32 Å². The van der Waals surface area contributed by atoms with Gasteiger partial charge in [-0.1, -0.05) is 44.2 Å². The first-order chi connectivity index (χ1) is 8.19. The van der Waals surface area contributed by atoms with E-state index in [4.69, 9.17) is 0 Å². The van der Waals surface area contributed by atoms with Crippen molar-refractivity contribution in [2.75, 3.05) is 13.2 Å². The molecule has 1 aliphatic rings. The summed E-state index contributed by atoms with van der Waals surface area (Å²) < 4.78 is 0. The van der Waals surface area contributed by atoms with Crippen molar-refractivity contribution in [3.8, 4) is 0 Å². The van der Waals surface area contributed by atoms with Gasteiger partial charge in [0.1, 0.15) is 0 Å². The van der Waals surface area contributed by atoms with Gasteiger partial charge in [0.15, 0.2) is 0 Å². The minimum Gasteiger partial charge on any atom is -0.394 e. The Labute approximate surface area is 104 Å². The number of benzene rings is 1. The van der Waals surface area contributed by atoms with Gasteiger partial charge in [-0.15, -0.1) is 0 Å². The predicted molar refractivity (Wildman–Crippen MR) is 70.8 cm³/mol. The third kappa shape index (κ3) is 2.70. The van der Waals surface area contributed by atoms with Gasteiger partial charge >= 0.3 is 0 Å². The van der Waals surface area contributed by atoms with Crippen LogP contribution in [0.1, 0.15) is 32.3 Å². The molecule has 1 aliphatic carbocycles. The molecule has 2 rings (SSSR count). The molecule has 1 unspecified atom stereocenters. The van der Waals surface area contributed by atoms with Gasteiger partial charge in [-0.2, -0.15) is 0 Å². The summed E-state index contributed by atoms with van der Waals surface area (Å²) in [5, 5.41) is 13.5. The molecular formula is C15H23NO. The van der Waals surface area contributed by atoms with Crippen LogP contribution in [-0.2, 0) is 5.54 Å². The largest absolute Gasteiger partial charge is 0.394 e. The molecule has 0 heterocycles. The fraction of sp³-hybridized carbons (Fsp3) is 0.600. The van der Waals surface area contributed by atoms with Crippen molar-refractivity contribution in [2.24, 2.45) is 11.8 Å². The molecule has 1 aromatic rings. The maximum atomic E-state index is 9.89. The normalized spacial score (nSPS) is 19.3. The van der Waals surface area contributed by atoms with Crippen LogP contribution in [0.2, 0.25) is 0 Å². The van der Waals surface area contributed by atoms with Crippen LogP contribution in [-0.4, -0.2) is 18.3 Å². The Bertz CT molecular complexity index is 345. The number of aliphatic hydroxyl groups is 1. The molecule has 17 heavy (non-hydrogen) atoms. The molecule has 1 fully saturated rings. The second-order valence-corrected chi connectivity index (χ2v) is 5.54. The van der Waals surface area contributed by atoms with E-state index < -0.39 is 0 Å². The summed E-state index contributed by atoms with van der Waals surface area (Å²) in [7, 11) is 0. The number of rotatable bonds is 6. The molecule has 0 saturated heterocycles. The Hall–Kier alpha value is -0.860. The summed E-state index contributed by atoms with van der Waals surface area (Å²) >= 11 is 0. The Kier molecular flexibility index (Phi) is 3.85. The van der Waals surface area contributed by atoms with Gasteiger partial charge in [0.2, 0.25) is 0 Å². The minimum atomic E-state index is -0.217. The average Bonchev–Trinajstić information content (AvgIpc) is 3.16. The van der Waals surface area contributed by atoms with Gasteiger partial charge in [-0.3, -0.25) is 0 Å². The van der Waals surface area contributed by atoms with Crippen molar-refractivity contribution in [1.29, 1.82) is 0 Å². The Morgan fingerprint density at radius 2 is 1.94 bits per heavy atom. The van der Waals surface area contributed by atoms with Crippen LogP contribution in [0.3, 0.4) is 0 Å². The number of hydrogen-bond donors (Lipinski definition) is 2. The fourth-order valence-electron chi connectivity index (χ4n) is 2.46. The third-order valence-electron chi connectivity index (χ3n) is 3.64.